The first-order chi connectivity index (χ1) is 16.9. The van der Waals surface area contributed by atoms with Gasteiger partial charge in [0.1, 0.15) is 16.7 Å². The Labute approximate surface area is 206 Å². The Bertz CT molecular complexity index is 1110. The number of carboxylic acids is 1. The first kappa shape index (κ1) is 27.8. The minimum absolute atomic E-state index is 0.0154. The maximum absolute atomic E-state index is 13.2. The van der Waals surface area contributed by atoms with Crippen LogP contribution in [0.25, 0.3) is 0 Å². The van der Waals surface area contributed by atoms with E-state index in [0.29, 0.717) is 12.2 Å². The lowest BCUT2D eigenvalue weighted by Gasteiger charge is -2.44. The average Bonchev–Trinajstić information content (AvgIpc) is 2.84. The first-order valence-corrected chi connectivity index (χ1v) is 12.7. The summed E-state index contributed by atoms with van der Waals surface area (Å²) in [6.45, 7) is 0.225. The van der Waals surface area contributed by atoms with Crippen LogP contribution in [-0.2, 0) is 14.8 Å². The number of ether oxygens (including phenoxy) is 1. The van der Waals surface area contributed by atoms with E-state index >= 15 is 0 Å². The number of hydrogen-bond acceptors (Lipinski definition) is 7. The minimum Gasteiger partial charge on any atom is -0.480 e. The van der Waals surface area contributed by atoms with Crippen molar-refractivity contribution in [2.24, 2.45) is 11.8 Å². The van der Waals surface area contributed by atoms with E-state index in [4.69, 9.17) is 14.9 Å². The van der Waals surface area contributed by atoms with E-state index in [2.05, 4.69) is 4.98 Å². The number of aliphatic carboxylic acids is 1. The maximum atomic E-state index is 13.2. The van der Waals surface area contributed by atoms with Gasteiger partial charge in [0.05, 0.1) is 6.20 Å². The van der Waals surface area contributed by atoms with Crippen LogP contribution in [0.2, 0.25) is 0 Å². The predicted octanol–water partition coefficient (Wildman–Crippen LogP) is 3.39. The van der Waals surface area contributed by atoms with Gasteiger partial charge in [-0.05, 0) is 42.9 Å². The van der Waals surface area contributed by atoms with E-state index in [1.54, 1.807) is 12.1 Å². The molecule has 36 heavy (non-hydrogen) atoms. The third kappa shape index (κ3) is 6.72. The number of hydrogen-bond donors (Lipinski definition) is 3. The van der Waals surface area contributed by atoms with E-state index in [9.17, 15) is 31.5 Å². The van der Waals surface area contributed by atoms with Crippen molar-refractivity contribution in [1.29, 1.82) is 0 Å². The number of carboxylic acid groups (broad SMARTS) is 1. The summed E-state index contributed by atoms with van der Waals surface area (Å²) in [7, 11) is -3.96. The van der Waals surface area contributed by atoms with Gasteiger partial charge < -0.3 is 20.1 Å². The van der Waals surface area contributed by atoms with Crippen LogP contribution in [0, 0.1) is 11.8 Å². The summed E-state index contributed by atoms with van der Waals surface area (Å²) in [4.78, 5) is 16.1. The Hall–Kier alpha value is -2.74. The Morgan fingerprint density at radius 3 is 2.25 bits per heavy atom. The predicted molar refractivity (Wildman–Crippen MR) is 120 cm³/mol. The van der Waals surface area contributed by atoms with Gasteiger partial charge >= 0.3 is 12.1 Å². The molecule has 0 amide bonds. The Morgan fingerprint density at radius 2 is 1.69 bits per heavy atom. The summed E-state index contributed by atoms with van der Waals surface area (Å²) in [5.41, 5.74) is 0. The van der Waals surface area contributed by atoms with Gasteiger partial charge in [0, 0.05) is 12.6 Å². The fourth-order valence-electron chi connectivity index (χ4n) is 4.56. The highest BCUT2D eigenvalue weighted by atomic mass is 32.2. The van der Waals surface area contributed by atoms with Crippen LogP contribution in [0.4, 0.5) is 13.2 Å². The molecule has 3 unspecified atom stereocenters. The summed E-state index contributed by atoms with van der Waals surface area (Å²) in [6, 6.07) is 11.0. The summed E-state index contributed by atoms with van der Waals surface area (Å²) in [5.74, 6) is -0.0338. The molecule has 4 rings (SSSR count). The standard InChI is InChI=1S/C21H24N2O5S.C2H3F3O2/c24-21(25)20-18-9-5-4-6-15(18)12-13-23(20)29(26,27)17-10-11-19(22-14-17)28-16-7-2-1-3-8-16;3-2(4,5)1(6)7/h1-3,7-8,10-11,14-15,18,20H,4-6,9,12-13H2,(H,24,25);1,6-7H. The zero-order valence-electron chi connectivity index (χ0n) is 19.1. The van der Waals surface area contributed by atoms with Gasteiger partial charge in [-0.1, -0.05) is 37.5 Å². The highest BCUT2D eigenvalue weighted by Crippen LogP contribution is 2.41. The number of rotatable bonds is 5. The molecule has 2 heterocycles. The quantitative estimate of drug-likeness (QED) is 0.499. The summed E-state index contributed by atoms with van der Waals surface area (Å²) in [5, 5.41) is 24.5. The lowest BCUT2D eigenvalue weighted by Crippen LogP contribution is -2.55. The molecular formula is C23H27F3N2O7S. The lowest BCUT2D eigenvalue weighted by atomic mass is 9.71. The number of piperidine rings is 1. The number of para-hydroxylation sites is 1. The highest BCUT2D eigenvalue weighted by Gasteiger charge is 2.47. The normalized spacial score (nSPS) is 22.8. The molecule has 0 spiro atoms. The van der Waals surface area contributed by atoms with E-state index < -0.39 is 34.5 Å². The topological polar surface area (TPSA) is 137 Å². The molecule has 198 valence electrons. The van der Waals surface area contributed by atoms with Crippen LogP contribution in [0.3, 0.4) is 0 Å². The van der Waals surface area contributed by atoms with Crippen molar-refractivity contribution in [3.63, 3.8) is 0 Å². The maximum Gasteiger partial charge on any atom is 0.439 e. The van der Waals surface area contributed by atoms with Gasteiger partial charge in [-0.2, -0.15) is 17.5 Å². The van der Waals surface area contributed by atoms with E-state index in [-0.39, 0.29) is 29.2 Å². The number of sulfonamides is 1. The van der Waals surface area contributed by atoms with Gasteiger partial charge in [0.15, 0.2) is 0 Å². The molecule has 3 atom stereocenters. The number of carbonyl (C=O) groups is 1. The molecule has 0 bridgehead atoms. The number of benzene rings is 1. The number of pyridine rings is 1. The number of fused-ring (bicyclic) bond motifs is 1. The fraction of sp³-hybridized carbons (Fsp3) is 0.478. The van der Waals surface area contributed by atoms with Crippen molar-refractivity contribution in [2.75, 3.05) is 6.54 Å². The molecule has 1 aromatic carbocycles. The first-order valence-electron chi connectivity index (χ1n) is 11.3. The second-order valence-electron chi connectivity index (χ2n) is 8.56. The second kappa shape index (κ2) is 11.5. The molecule has 3 N–H and O–H groups in total. The van der Waals surface area contributed by atoms with Crippen LogP contribution in [0.15, 0.2) is 53.6 Å². The lowest BCUT2D eigenvalue weighted by molar-refractivity contribution is -0.275. The summed E-state index contributed by atoms with van der Waals surface area (Å²) < 4.78 is 65.3. The Morgan fingerprint density at radius 1 is 1.06 bits per heavy atom. The molecule has 0 radical (unpaired) electrons. The zero-order chi connectivity index (χ0) is 26.5. The van der Waals surface area contributed by atoms with Gasteiger partial charge in [0.25, 0.3) is 6.29 Å². The van der Waals surface area contributed by atoms with Crippen molar-refractivity contribution in [2.45, 2.75) is 55.5 Å². The van der Waals surface area contributed by atoms with E-state index in [0.717, 1.165) is 30.0 Å². The fourth-order valence-corrected chi connectivity index (χ4v) is 6.14. The van der Waals surface area contributed by atoms with Crippen LogP contribution in [-0.4, -0.2) is 64.0 Å². The molecule has 2 aromatic rings. The molecule has 1 aliphatic carbocycles. The van der Waals surface area contributed by atoms with Crippen LogP contribution < -0.4 is 4.74 Å². The van der Waals surface area contributed by atoms with Crippen LogP contribution >= 0.6 is 0 Å². The van der Waals surface area contributed by atoms with Crippen LogP contribution in [0.1, 0.15) is 32.1 Å². The van der Waals surface area contributed by atoms with Gasteiger partial charge in [0.2, 0.25) is 15.9 Å². The largest absolute Gasteiger partial charge is 0.480 e. The number of aliphatic hydroxyl groups excluding tert-OH is 1. The van der Waals surface area contributed by atoms with Crippen molar-refractivity contribution in [1.82, 2.24) is 9.29 Å². The molecule has 1 saturated heterocycles. The molecule has 1 saturated carbocycles. The van der Waals surface area contributed by atoms with Gasteiger partial charge in [-0.25, -0.2) is 13.4 Å². The number of aliphatic hydroxyl groups is 2. The smallest absolute Gasteiger partial charge is 0.439 e. The number of aromatic nitrogens is 1. The number of alkyl halides is 3. The van der Waals surface area contributed by atoms with E-state index in [1.165, 1.54) is 18.3 Å². The van der Waals surface area contributed by atoms with Crippen molar-refractivity contribution in [3.8, 4) is 11.6 Å². The Kier molecular flexibility index (Phi) is 8.93. The van der Waals surface area contributed by atoms with Crippen LogP contribution in [0.5, 0.6) is 11.6 Å². The third-order valence-electron chi connectivity index (χ3n) is 6.23. The number of halogens is 3. The van der Waals surface area contributed by atoms with Crippen molar-refractivity contribution < 1.29 is 46.4 Å². The van der Waals surface area contributed by atoms with Gasteiger partial charge in [-0.15, -0.1) is 0 Å². The van der Waals surface area contributed by atoms with Gasteiger partial charge in [-0.3, -0.25) is 4.79 Å². The molecule has 13 heteroatoms. The highest BCUT2D eigenvalue weighted by molar-refractivity contribution is 7.89. The van der Waals surface area contributed by atoms with E-state index in [1.807, 2.05) is 18.2 Å². The third-order valence-corrected chi connectivity index (χ3v) is 8.10. The molecule has 2 aliphatic rings. The van der Waals surface area contributed by atoms with Crippen molar-refractivity contribution in [3.05, 3.63) is 48.7 Å². The summed E-state index contributed by atoms with van der Waals surface area (Å²) in [6.07, 6.45) is -2.37. The Balaban J connectivity index is 0.000000454. The second-order valence-corrected chi connectivity index (χ2v) is 10.4. The monoisotopic (exact) mass is 532 g/mol. The number of nitrogens with zero attached hydrogens (tertiary/aromatic N) is 2. The minimum atomic E-state index is -4.89. The van der Waals surface area contributed by atoms with Crippen molar-refractivity contribution >= 4 is 16.0 Å². The molecular weight excluding hydrogens is 505 g/mol. The molecule has 9 nitrogen and oxygen atoms in total. The SMILES string of the molecule is O=C(O)C1C2CCCCC2CCN1S(=O)(=O)c1ccc(Oc2ccccc2)nc1.OC(O)C(F)(F)F. The zero-order valence-corrected chi connectivity index (χ0v) is 19.9. The molecule has 1 aromatic heterocycles. The summed E-state index contributed by atoms with van der Waals surface area (Å²) >= 11 is 0. The average molecular weight is 533 g/mol. The molecule has 1 aliphatic heterocycles. The molecule has 2 fully saturated rings.